The number of amides is 1. The number of ether oxygens (including phenoxy) is 1. The Morgan fingerprint density at radius 3 is 2.92 bits per heavy atom. The van der Waals surface area contributed by atoms with Gasteiger partial charge in [0.25, 0.3) is 0 Å². The van der Waals surface area contributed by atoms with Crippen molar-refractivity contribution in [1.29, 1.82) is 5.26 Å². The fourth-order valence-electron chi connectivity index (χ4n) is 2.90. The van der Waals surface area contributed by atoms with Crippen molar-refractivity contribution >= 4 is 17.6 Å². The number of benzene rings is 1. The summed E-state index contributed by atoms with van der Waals surface area (Å²) in [6.45, 7) is 4.84. The molecule has 6 heteroatoms. The van der Waals surface area contributed by atoms with Gasteiger partial charge in [-0.25, -0.2) is 4.79 Å². The highest BCUT2D eigenvalue weighted by Gasteiger charge is 2.26. The lowest BCUT2D eigenvalue weighted by Crippen LogP contribution is -2.44. The maximum atomic E-state index is 12.5. The SMILES string of the molecule is COC(=O)c1ccc2c(c1)CCC(NCC(C)(C)CCC#N)C(=O)N2. The number of anilines is 1. The third-order valence-electron chi connectivity index (χ3n) is 4.54. The van der Waals surface area contributed by atoms with Gasteiger partial charge >= 0.3 is 5.97 Å². The van der Waals surface area contributed by atoms with Crippen molar-refractivity contribution in [2.45, 2.75) is 45.6 Å². The van der Waals surface area contributed by atoms with Crippen molar-refractivity contribution in [3.63, 3.8) is 0 Å². The van der Waals surface area contributed by atoms with E-state index in [9.17, 15) is 9.59 Å². The molecule has 1 unspecified atom stereocenters. The van der Waals surface area contributed by atoms with E-state index >= 15 is 0 Å². The first-order valence-electron chi connectivity index (χ1n) is 8.49. The third kappa shape index (κ3) is 5.04. The molecule has 0 saturated carbocycles. The normalized spacial score (nSPS) is 17.0. The van der Waals surface area contributed by atoms with Crippen LogP contribution in [0.2, 0.25) is 0 Å². The molecule has 2 N–H and O–H groups in total. The van der Waals surface area contributed by atoms with E-state index in [-0.39, 0.29) is 23.3 Å². The number of carbonyl (C=O) groups is 2. The third-order valence-corrected chi connectivity index (χ3v) is 4.54. The highest BCUT2D eigenvalue weighted by molar-refractivity contribution is 5.97. The zero-order chi connectivity index (χ0) is 18.4. The number of methoxy groups -OCH3 is 1. The number of nitriles is 1. The Hall–Kier alpha value is -2.39. The van der Waals surface area contributed by atoms with Crippen LogP contribution in [-0.4, -0.2) is 31.6 Å². The second kappa shape index (κ2) is 8.13. The van der Waals surface area contributed by atoms with E-state index in [1.165, 1.54) is 7.11 Å². The molecule has 1 aromatic carbocycles. The molecule has 0 aliphatic carbocycles. The van der Waals surface area contributed by atoms with E-state index in [0.717, 1.165) is 17.7 Å². The number of hydrogen-bond donors (Lipinski definition) is 2. The van der Waals surface area contributed by atoms with Gasteiger partial charge in [0, 0.05) is 18.7 Å². The Balaban J connectivity index is 2.03. The second-order valence-electron chi connectivity index (χ2n) is 7.15. The van der Waals surface area contributed by atoms with Gasteiger partial charge in [-0.2, -0.15) is 5.26 Å². The van der Waals surface area contributed by atoms with E-state index in [2.05, 4.69) is 30.6 Å². The number of esters is 1. The summed E-state index contributed by atoms with van der Waals surface area (Å²) in [5, 5.41) is 15.0. The molecule has 0 fully saturated rings. The van der Waals surface area contributed by atoms with Gasteiger partial charge in [0.15, 0.2) is 0 Å². The monoisotopic (exact) mass is 343 g/mol. The molecule has 0 radical (unpaired) electrons. The molecular formula is C19H25N3O3. The molecule has 2 rings (SSSR count). The van der Waals surface area contributed by atoms with Gasteiger partial charge in [-0.1, -0.05) is 13.8 Å². The maximum absolute atomic E-state index is 12.5. The van der Waals surface area contributed by atoms with Crippen LogP contribution in [0, 0.1) is 16.7 Å². The van der Waals surface area contributed by atoms with Crippen molar-refractivity contribution in [3.8, 4) is 6.07 Å². The fourth-order valence-corrected chi connectivity index (χ4v) is 2.90. The molecule has 0 saturated heterocycles. The molecule has 0 spiro atoms. The van der Waals surface area contributed by atoms with Gasteiger partial charge in [0.05, 0.1) is 24.8 Å². The highest BCUT2D eigenvalue weighted by Crippen LogP contribution is 2.25. The fraction of sp³-hybridized carbons (Fsp3) is 0.526. The molecule has 1 heterocycles. The number of aryl methyl sites for hydroxylation is 1. The molecule has 1 aliphatic rings. The van der Waals surface area contributed by atoms with Gasteiger partial charge in [-0.15, -0.1) is 0 Å². The highest BCUT2D eigenvalue weighted by atomic mass is 16.5. The van der Waals surface area contributed by atoms with Gasteiger partial charge < -0.3 is 15.4 Å². The van der Waals surface area contributed by atoms with Gasteiger partial charge in [0.1, 0.15) is 0 Å². The van der Waals surface area contributed by atoms with Crippen LogP contribution in [-0.2, 0) is 16.0 Å². The summed E-state index contributed by atoms with van der Waals surface area (Å²) < 4.78 is 4.75. The lowest BCUT2D eigenvalue weighted by Gasteiger charge is -2.26. The number of nitrogens with zero attached hydrogens (tertiary/aromatic N) is 1. The lowest BCUT2D eigenvalue weighted by molar-refractivity contribution is -0.118. The van der Waals surface area contributed by atoms with Crippen LogP contribution in [0.5, 0.6) is 0 Å². The maximum Gasteiger partial charge on any atom is 0.337 e. The average Bonchev–Trinajstić information content (AvgIpc) is 2.75. The second-order valence-corrected chi connectivity index (χ2v) is 7.15. The number of nitrogens with one attached hydrogen (secondary N) is 2. The molecule has 1 atom stereocenters. The van der Waals surface area contributed by atoms with Crippen molar-refractivity contribution < 1.29 is 14.3 Å². The zero-order valence-corrected chi connectivity index (χ0v) is 15.0. The van der Waals surface area contributed by atoms with Crippen LogP contribution in [0.25, 0.3) is 0 Å². The predicted octanol–water partition coefficient (Wildman–Crippen LogP) is 2.65. The number of carbonyl (C=O) groups excluding carboxylic acids is 2. The number of rotatable bonds is 6. The van der Waals surface area contributed by atoms with Crippen LogP contribution in [0.4, 0.5) is 5.69 Å². The van der Waals surface area contributed by atoms with E-state index in [4.69, 9.17) is 10.00 Å². The minimum Gasteiger partial charge on any atom is -0.465 e. The summed E-state index contributed by atoms with van der Waals surface area (Å²) in [6.07, 6.45) is 2.63. The van der Waals surface area contributed by atoms with Gasteiger partial charge in [-0.3, -0.25) is 4.79 Å². The smallest absolute Gasteiger partial charge is 0.337 e. The Bertz CT molecular complexity index is 692. The number of hydrogen-bond acceptors (Lipinski definition) is 5. The Kier molecular flexibility index (Phi) is 6.16. The first-order valence-corrected chi connectivity index (χ1v) is 8.49. The topological polar surface area (TPSA) is 91.2 Å². The number of fused-ring (bicyclic) bond motifs is 1. The molecule has 134 valence electrons. The summed E-state index contributed by atoms with van der Waals surface area (Å²) >= 11 is 0. The summed E-state index contributed by atoms with van der Waals surface area (Å²) in [5.74, 6) is -0.451. The summed E-state index contributed by atoms with van der Waals surface area (Å²) in [7, 11) is 1.35. The van der Waals surface area contributed by atoms with Crippen LogP contribution in [0.3, 0.4) is 0 Å². The molecule has 0 bridgehead atoms. The van der Waals surface area contributed by atoms with E-state index in [1.807, 2.05) is 0 Å². The van der Waals surface area contributed by atoms with Crippen LogP contribution < -0.4 is 10.6 Å². The Labute approximate surface area is 148 Å². The van der Waals surface area contributed by atoms with E-state index in [0.29, 0.717) is 31.4 Å². The average molecular weight is 343 g/mol. The molecule has 1 amide bonds. The molecule has 6 nitrogen and oxygen atoms in total. The van der Waals surface area contributed by atoms with Crippen molar-refractivity contribution in [3.05, 3.63) is 29.3 Å². The predicted molar refractivity (Wildman–Crippen MR) is 95.2 cm³/mol. The largest absolute Gasteiger partial charge is 0.465 e. The quantitative estimate of drug-likeness (QED) is 0.775. The minimum absolute atomic E-state index is 0.0484. The van der Waals surface area contributed by atoms with Crippen molar-refractivity contribution in [1.82, 2.24) is 5.32 Å². The summed E-state index contributed by atoms with van der Waals surface area (Å²) in [6, 6.07) is 7.05. The van der Waals surface area contributed by atoms with Crippen LogP contribution in [0.15, 0.2) is 18.2 Å². The zero-order valence-electron chi connectivity index (χ0n) is 15.0. The standard InChI is InChI=1S/C19H25N3O3/c1-19(2,9-4-10-20)12-21-16-8-5-13-11-14(18(24)25-3)6-7-15(13)22-17(16)23/h6-7,11,16,21H,4-5,8-9,12H2,1-3H3,(H,22,23). The van der Waals surface area contributed by atoms with Crippen molar-refractivity contribution in [2.24, 2.45) is 5.41 Å². The molecule has 0 aromatic heterocycles. The van der Waals surface area contributed by atoms with Gasteiger partial charge in [-0.05, 0) is 48.4 Å². The molecule has 1 aromatic rings. The molecule has 25 heavy (non-hydrogen) atoms. The van der Waals surface area contributed by atoms with Crippen molar-refractivity contribution in [2.75, 3.05) is 19.0 Å². The Morgan fingerprint density at radius 2 is 2.24 bits per heavy atom. The first-order chi connectivity index (χ1) is 11.9. The van der Waals surface area contributed by atoms with Gasteiger partial charge in [0.2, 0.25) is 5.91 Å². The van der Waals surface area contributed by atoms with E-state index in [1.54, 1.807) is 18.2 Å². The molecular weight excluding hydrogens is 318 g/mol. The molecule has 1 aliphatic heterocycles. The van der Waals surface area contributed by atoms with Crippen LogP contribution >= 0.6 is 0 Å². The van der Waals surface area contributed by atoms with Crippen LogP contribution in [0.1, 0.15) is 49.0 Å². The summed E-state index contributed by atoms with van der Waals surface area (Å²) in [4.78, 5) is 24.1. The minimum atomic E-state index is -0.382. The lowest BCUT2D eigenvalue weighted by atomic mass is 9.87. The Morgan fingerprint density at radius 1 is 1.48 bits per heavy atom. The summed E-state index contributed by atoms with van der Waals surface area (Å²) in [5.41, 5.74) is 2.11. The first kappa shape index (κ1) is 18.9. The van der Waals surface area contributed by atoms with E-state index < -0.39 is 0 Å².